The first-order valence-electron chi connectivity index (χ1n) is 7.32. The molecule has 0 saturated heterocycles. The molecule has 7 nitrogen and oxygen atoms in total. The third kappa shape index (κ3) is 3.52. The molecule has 1 aromatic heterocycles. The van der Waals surface area contributed by atoms with E-state index in [1.54, 1.807) is 25.4 Å². The largest absolute Gasteiger partial charge is 0.497 e. The van der Waals surface area contributed by atoms with Crippen LogP contribution in [0.4, 0.5) is 11.6 Å². The molecule has 2 N–H and O–H groups in total. The van der Waals surface area contributed by atoms with Crippen LogP contribution in [0.2, 0.25) is 0 Å². The van der Waals surface area contributed by atoms with E-state index >= 15 is 0 Å². The third-order valence-electron chi connectivity index (χ3n) is 3.58. The smallest absolute Gasteiger partial charge is 0.269 e. The van der Waals surface area contributed by atoms with Gasteiger partial charge >= 0.3 is 0 Å². The van der Waals surface area contributed by atoms with Gasteiger partial charge in [-0.05, 0) is 29.8 Å². The Morgan fingerprint density at radius 2 is 1.88 bits per heavy atom. The summed E-state index contributed by atoms with van der Waals surface area (Å²) in [7, 11) is 1.63. The van der Waals surface area contributed by atoms with E-state index in [4.69, 9.17) is 4.74 Å². The minimum atomic E-state index is -0.418. The van der Waals surface area contributed by atoms with Crippen LogP contribution in [0.15, 0.2) is 54.7 Å². The summed E-state index contributed by atoms with van der Waals surface area (Å²) in [5.41, 5.74) is 2.80. The molecule has 3 aromatic rings. The van der Waals surface area contributed by atoms with Crippen LogP contribution in [0, 0.1) is 10.1 Å². The van der Waals surface area contributed by atoms with Gasteiger partial charge in [0, 0.05) is 24.2 Å². The van der Waals surface area contributed by atoms with Crippen molar-refractivity contribution in [3.63, 3.8) is 0 Å². The van der Waals surface area contributed by atoms with Crippen LogP contribution < -0.4 is 10.1 Å². The van der Waals surface area contributed by atoms with Gasteiger partial charge in [-0.15, -0.1) is 0 Å². The number of rotatable bonds is 6. The molecule has 7 heteroatoms. The monoisotopic (exact) mass is 324 g/mol. The van der Waals surface area contributed by atoms with Crippen LogP contribution in [-0.2, 0) is 6.54 Å². The second-order valence-electron chi connectivity index (χ2n) is 5.15. The Hall–Kier alpha value is -3.35. The van der Waals surface area contributed by atoms with Crippen LogP contribution in [0.3, 0.4) is 0 Å². The Labute approximate surface area is 138 Å². The molecule has 0 saturated carbocycles. The van der Waals surface area contributed by atoms with Gasteiger partial charge in [0.25, 0.3) is 5.69 Å². The fraction of sp³-hybridized carbons (Fsp3) is 0.118. The molecule has 24 heavy (non-hydrogen) atoms. The van der Waals surface area contributed by atoms with E-state index in [0.717, 1.165) is 22.6 Å². The van der Waals surface area contributed by atoms with Crippen molar-refractivity contribution in [2.75, 3.05) is 12.4 Å². The molecule has 0 radical (unpaired) electrons. The van der Waals surface area contributed by atoms with Gasteiger partial charge in [0.05, 0.1) is 23.9 Å². The van der Waals surface area contributed by atoms with Gasteiger partial charge in [0.15, 0.2) is 0 Å². The van der Waals surface area contributed by atoms with Crippen molar-refractivity contribution in [2.24, 2.45) is 0 Å². The number of nitrogens with zero attached hydrogens (tertiary/aromatic N) is 2. The van der Waals surface area contributed by atoms with Gasteiger partial charge in [0.2, 0.25) is 5.95 Å². The molecular weight excluding hydrogens is 308 g/mol. The van der Waals surface area contributed by atoms with Crippen molar-refractivity contribution < 1.29 is 9.66 Å². The number of anilines is 1. The molecule has 0 aliphatic rings. The van der Waals surface area contributed by atoms with Crippen molar-refractivity contribution in [2.45, 2.75) is 6.54 Å². The molecule has 0 unspecified atom stereocenters. The van der Waals surface area contributed by atoms with E-state index in [2.05, 4.69) is 15.3 Å². The zero-order chi connectivity index (χ0) is 16.9. The van der Waals surface area contributed by atoms with E-state index in [1.807, 2.05) is 24.3 Å². The highest BCUT2D eigenvalue weighted by atomic mass is 16.6. The molecule has 0 fully saturated rings. The van der Waals surface area contributed by atoms with Crippen LogP contribution in [-0.4, -0.2) is 22.0 Å². The SMILES string of the molecule is COc1ccc(CNc2ncc(-c3ccc([N+](=O)[O-])cc3)[nH]2)cc1. The molecule has 2 aromatic carbocycles. The lowest BCUT2D eigenvalue weighted by Gasteiger charge is -2.04. The van der Waals surface area contributed by atoms with E-state index in [0.29, 0.717) is 12.5 Å². The molecular formula is C17H16N4O3. The Kier molecular flexibility index (Phi) is 4.42. The Balaban J connectivity index is 1.65. The number of benzene rings is 2. The number of aromatic amines is 1. The first-order chi connectivity index (χ1) is 11.7. The van der Waals surface area contributed by atoms with Crippen LogP contribution in [0.1, 0.15) is 5.56 Å². The quantitative estimate of drug-likeness (QED) is 0.534. The zero-order valence-electron chi connectivity index (χ0n) is 13.0. The highest BCUT2D eigenvalue weighted by molar-refractivity contribution is 5.62. The van der Waals surface area contributed by atoms with Crippen LogP contribution >= 0.6 is 0 Å². The van der Waals surface area contributed by atoms with Gasteiger partial charge in [-0.1, -0.05) is 12.1 Å². The standard InChI is InChI=1S/C17H16N4O3/c1-24-15-8-2-12(3-9-15)10-18-17-19-11-16(20-17)13-4-6-14(7-5-13)21(22)23/h2-9,11H,10H2,1H3,(H2,18,19,20). The zero-order valence-corrected chi connectivity index (χ0v) is 13.0. The lowest BCUT2D eigenvalue weighted by molar-refractivity contribution is -0.384. The van der Waals surface area contributed by atoms with Gasteiger partial charge in [0.1, 0.15) is 5.75 Å². The summed E-state index contributed by atoms with van der Waals surface area (Å²) >= 11 is 0. The number of nitro benzene ring substituents is 1. The van der Waals surface area contributed by atoms with Gasteiger partial charge in [-0.25, -0.2) is 4.98 Å². The average Bonchev–Trinajstić information content (AvgIpc) is 3.09. The first kappa shape index (κ1) is 15.5. The van der Waals surface area contributed by atoms with E-state index in [1.165, 1.54) is 12.1 Å². The number of nitro groups is 1. The second kappa shape index (κ2) is 6.82. The first-order valence-corrected chi connectivity index (χ1v) is 7.32. The van der Waals surface area contributed by atoms with E-state index < -0.39 is 4.92 Å². The van der Waals surface area contributed by atoms with Gasteiger partial charge in [-0.2, -0.15) is 0 Å². The van der Waals surface area contributed by atoms with Crippen LogP contribution in [0.5, 0.6) is 5.75 Å². The molecule has 0 atom stereocenters. The summed E-state index contributed by atoms with van der Waals surface area (Å²) in [5.74, 6) is 1.45. The van der Waals surface area contributed by atoms with Gasteiger partial charge in [-0.3, -0.25) is 10.1 Å². The number of hydrogen-bond donors (Lipinski definition) is 2. The van der Waals surface area contributed by atoms with Crippen molar-refractivity contribution >= 4 is 11.6 Å². The maximum absolute atomic E-state index is 10.7. The molecule has 0 amide bonds. The van der Waals surface area contributed by atoms with Crippen molar-refractivity contribution in [3.05, 3.63) is 70.4 Å². The summed E-state index contributed by atoms with van der Waals surface area (Å²) in [6.45, 7) is 0.622. The summed E-state index contributed by atoms with van der Waals surface area (Å²) in [6, 6.07) is 14.1. The lowest BCUT2D eigenvalue weighted by atomic mass is 10.1. The number of nitrogens with one attached hydrogen (secondary N) is 2. The minimum Gasteiger partial charge on any atom is -0.497 e. The number of ether oxygens (including phenoxy) is 1. The maximum Gasteiger partial charge on any atom is 0.269 e. The van der Waals surface area contributed by atoms with E-state index in [-0.39, 0.29) is 5.69 Å². The molecule has 0 spiro atoms. The lowest BCUT2D eigenvalue weighted by Crippen LogP contribution is -2.00. The number of non-ortho nitro benzene ring substituents is 1. The second-order valence-corrected chi connectivity index (χ2v) is 5.15. The predicted octanol–water partition coefficient (Wildman–Crippen LogP) is 3.61. The van der Waals surface area contributed by atoms with Crippen molar-refractivity contribution in [3.8, 4) is 17.0 Å². The number of H-pyrrole nitrogens is 1. The number of aromatic nitrogens is 2. The molecule has 122 valence electrons. The summed E-state index contributed by atoms with van der Waals surface area (Å²) < 4.78 is 5.13. The van der Waals surface area contributed by atoms with Crippen LogP contribution in [0.25, 0.3) is 11.3 Å². The number of methoxy groups -OCH3 is 1. The minimum absolute atomic E-state index is 0.0659. The van der Waals surface area contributed by atoms with Gasteiger partial charge < -0.3 is 15.0 Å². The fourth-order valence-electron chi connectivity index (χ4n) is 2.25. The molecule has 0 aliphatic carbocycles. The highest BCUT2D eigenvalue weighted by Gasteiger charge is 2.07. The molecule has 1 heterocycles. The molecule has 0 aliphatic heterocycles. The Morgan fingerprint density at radius 1 is 1.17 bits per heavy atom. The third-order valence-corrected chi connectivity index (χ3v) is 3.58. The Bertz CT molecular complexity index is 826. The number of imidazole rings is 1. The average molecular weight is 324 g/mol. The summed E-state index contributed by atoms with van der Waals surface area (Å²) in [6.07, 6.45) is 1.69. The summed E-state index contributed by atoms with van der Waals surface area (Å²) in [5, 5.41) is 13.9. The maximum atomic E-state index is 10.7. The Morgan fingerprint density at radius 3 is 2.50 bits per heavy atom. The highest BCUT2D eigenvalue weighted by Crippen LogP contribution is 2.22. The van der Waals surface area contributed by atoms with Crippen molar-refractivity contribution in [1.82, 2.24) is 9.97 Å². The van der Waals surface area contributed by atoms with E-state index in [9.17, 15) is 10.1 Å². The molecule has 0 bridgehead atoms. The number of hydrogen-bond acceptors (Lipinski definition) is 5. The normalized spacial score (nSPS) is 10.4. The summed E-state index contributed by atoms with van der Waals surface area (Å²) in [4.78, 5) is 17.7. The van der Waals surface area contributed by atoms with Crippen molar-refractivity contribution in [1.29, 1.82) is 0 Å². The topological polar surface area (TPSA) is 93.1 Å². The fourth-order valence-corrected chi connectivity index (χ4v) is 2.25. The predicted molar refractivity (Wildman–Crippen MR) is 91.0 cm³/mol. The molecule has 3 rings (SSSR count).